The topological polar surface area (TPSA) is 43.1 Å². The van der Waals surface area contributed by atoms with E-state index in [1.165, 1.54) is 11.3 Å². The summed E-state index contributed by atoms with van der Waals surface area (Å²) >= 11 is 7.75. The average Bonchev–Trinajstić information content (AvgIpc) is 2.48. The van der Waals surface area contributed by atoms with Crippen LogP contribution in [0.1, 0.15) is 0 Å². The molecular weight excluding hydrogens is 333 g/mol. The van der Waals surface area contributed by atoms with Crippen molar-refractivity contribution < 1.29 is 4.92 Å². The van der Waals surface area contributed by atoms with E-state index in [-0.39, 0.29) is 10.6 Å². The fraction of sp³-hybridized carbons (Fsp3) is 0. The Labute approximate surface area is 103 Å². The van der Waals surface area contributed by atoms with E-state index in [4.69, 9.17) is 0 Å². The van der Waals surface area contributed by atoms with Crippen molar-refractivity contribution >= 4 is 62.3 Å². The van der Waals surface area contributed by atoms with E-state index in [9.17, 15) is 10.1 Å². The van der Waals surface area contributed by atoms with Crippen molar-refractivity contribution in [2.24, 2.45) is 0 Å². The molecule has 0 unspecified atom stereocenters. The van der Waals surface area contributed by atoms with Gasteiger partial charge in [0.1, 0.15) is 0 Å². The van der Waals surface area contributed by atoms with Crippen LogP contribution in [-0.4, -0.2) is 4.92 Å². The molecule has 0 aliphatic rings. The van der Waals surface area contributed by atoms with Gasteiger partial charge in [-0.2, -0.15) is 0 Å². The first-order valence-corrected chi connectivity index (χ1v) is 6.04. The highest BCUT2D eigenvalue weighted by Gasteiger charge is 2.15. The van der Waals surface area contributed by atoms with E-state index in [1.807, 2.05) is 6.07 Å². The first kappa shape index (κ1) is 10.2. The molecule has 1 aromatic carbocycles. The van der Waals surface area contributed by atoms with Crippen molar-refractivity contribution in [3.8, 4) is 0 Å². The molecule has 0 aliphatic heterocycles. The fourth-order valence-corrected chi connectivity index (χ4v) is 2.84. The van der Waals surface area contributed by atoms with Crippen molar-refractivity contribution in [1.82, 2.24) is 0 Å². The zero-order valence-corrected chi connectivity index (χ0v) is 10.6. The molecule has 0 spiro atoms. The maximum Gasteiger partial charge on any atom is 0.287 e. The van der Waals surface area contributed by atoms with Gasteiger partial charge in [-0.1, -0.05) is 0 Å². The Morgan fingerprint density at radius 2 is 2.21 bits per heavy atom. The van der Waals surface area contributed by atoms with Gasteiger partial charge < -0.3 is 0 Å². The quantitative estimate of drug-likeness (QED) is 0.373. The monoisotopic (exact) mass is 337 g/mol. The lowest BCUT2D eigenvalue weighted by Gasteiger charge is -1.96. The van der Waals surface area contributed by atoms with Crippen LogP contribution in [0.25, 0.3) is 10.1 Å². The van der Waals surface area contributed by atoms with E-state index in [1.54, 1.807) is 11.4 Å². The van der Waals surface area contributed by atoms with Gasteiger partial charge in [0.15, 0.2) is 0 Å². The van der Waals surface area contributed by atoms with Crippen LogP contribution in [-0.2, 0) is 0 Å². The van der Waals surface area contributed by atoms with Crippen LogP contribution in [0.5, 0.6) is 0 Å². The largest absolute Gasteiger partial charge is 0.287 e. The van der Waals surface area contributed by atoms with Crippen molar-refractivity contribution in [1.29, 1.82) is 0 Å². The van der Waals surface area contributed by atoms with Gasteiger partial charge in [-0.25, -0.2) is 0 Å². The Kier molecular flexibility index (Phi) is 2.67. The Balaban J connectivity index is 2.80. The third-order valence-corrected chi connectivity index (χ3v) is 4.44. The van der Waals surface area contributed by atoms with Gasteiger partial charge in [0, 0.05) is 13.2 Å². The number of nitro groups is 1. The number of rotatable bonds is 1. The van der Waals surface area contributed by atoms with Gasteiger partial charge in [0.05, 0.1) is 15.7 Å². The van der Waals surface area contributed by atoms with Crippen LogP contribution >= 0.6 is 46.6 Å². The number of benzene rings is 1. The van der Waals surface area contributed by atoms with Crippen LogP contribution in [0.4, 0.5) is 5.69 Å². The summed E-state index contributed by atoms with van der Waals surface area (Å²) in [5, 5.41) is 12.9. The highest BCUT2D eigenvalue weighted by Crippen LogP contribution is 2.35. The Morgan fingerprint density at radius 3 is 2.86 bits per heavy atom. The minimum absolute atomic E-state index is 0.177. The summed E-state index contributed by atoms with van der Waals surface area (Å²) in [5.74, 6) is 0. The Bertz CT molecular complexity index is 523. The minimum Gasteiger partial charge on any atom is -0.258 e. The van der Waals surface area contributed by atoms with Gasteiger partial charge in [-0.15, -0.1) is 24.0 Å². The van der Waals surface area contributed by atoms with Crippen LogP contribution in [0.2, 0.25) is 0 Å². The molecule has 0 saturated carbocycles. The summed E-state index contributed by atoms with van der Waals surface area (Å²) in [6, 6.07) is 3.66. The molecular formula is C8H4INO2S2. The molecule has 1 aromatic heterocycles. The molecule has 0 amide bonds. The van der Waals surface area contributed by atoms with Crippen LogP contribution in [0.3, 0.4) is 0 Å². The zero-order valence-electron chi connectivity index (χ0n) is 6.73. The third-order valence-electron chi connectivity index (χ3n) is 1.82. The number of thiol groups is 1. The molecule has 2 aromatic rings. The summed E-state index contributed by atoms with van der Waals surface area (Å²) in [6.45, 7) is 0. The molecule has 72 valence electrons. The van der Waals surface area contributed by atoms with Crippen LogP contribution in [0, 0.1) is 13.7 Å². The van der Waals surface area contributed by atoms with Crippen LogP contribution in [0.15, 0.2) is 22.4 Å². The maximum absolute atomic E-state index is 10.7. The molecule has 0 fully saturated rings. The van der Waals surface area contributed by atoms with E-state index in [2.05, 4.69) is 35.2 Å². The first-order chi connectivity index (χ1) is 6.59. The minimum atomic E-state index is -0.354. The van der Waals surface area contributed by atoms with E-state index in [0.29, 0.717) is 5.39 Å². The summed E-state index contributed by atoms with van der Waals surface area (Å²) in [5.41, 5.74) is 0.177. The van der Waals surface area contributed by atoms with E-state index >= 15 is 0 Å². The summed E-state index contributed by atoms with van der Waals surface area (Å²) in [6.07, 6.45) is 0. The number of halogens is 1. The molecule has 1 heterocycles. The SMILES string of the molecule is O=[N+]([O-])c1csc2cc(S)c(I)cc12. The van der Waals surface area contributed by atoms with Crippen molar-refractivity contribution in [2.75, 3.05) is 0 Å². The van der Waals surface area contributed by atoms with E-state index in [0.717, 1.165) is 13.2 Å². The molecule has 14 heavy (non-hydrogen) atoms. The lowest BCUT2D eigenvalue weighted by molar-refractivity contribution is -0.382. The van der Waals surface area contributed by atoms with Crippen molar-refractivity contribution in [2.45, 2.75) is 4.90 Å². The second-order valence-corrected chi connectivity index (χ2v) is 5.23. The van der Waals surface area contributed by atoms with Gasteiger partial charge in [-0.05, 0) is 34.7 Å². The second kappa shape index (κ2) is 3.67. The third kappa shape index (κ3) is 1.61. The molecule has 2 rings (SSSR count). The zero-order chi connectivity index (χ0) is 10.3. The predicted molar refractivity (Wildman–Crippen MR) is 68.4 cm³/mol. The number of hydrogen-bond acceptors (Lipinski definition) is 4. The van der Waals surface area contributed by atoms with Crippen LogP contribution < -0.4 is 0 Å². The van der Waals surface area contributed by atoms with E-state index < -0.39 is 0 Å². The molecule has 3 nitrogen and oxygen atoms in total. The summed E-state index contributed by atoms with van der Waals surface area (Å²) in [7, 11) is 0. The van der Waals surface area contributed by atoms with Crippen molar-refractivity contribution in [3.63, 3.8) is 0 Å². The fourth-order valence-electron chi connectivity index (χ4n) is 1.16. The number of thiophene rings is 1. The Hall–Kier alpha value is -0.340. The predicted octanol–water partition coefficient (Wildman–Crippen LogP) is 3.70. The van der Waals surface area contributed by atoms with Gasteiger partial charge in [0.25, 0.3) is 5.69 Å². The molecule has 0 radical (unpaired) electrons. The number of fused-ring (bicyclic) bond motifs is 1. The maximum atomic E-state index is 10.7. The second-order valence-electron chi connectivity index (χ2n) is 2.68. The van der Waals surface area contributed by atoms with Gasteiger partial charge >= 0.3 is 0 Å². The molecule has 0 aliphatic carbocycles. The smallest absolute Gasteiger partial charge is 0.258 e. The van der Waals surface area contributed by atoms with Crippen molar-refractivity contribution in [3.05, 3.63) is 31.2 Å². The first-order valence-electron chi connectivity index (χ1n) is 3.63. The Morgan fingerprint density at radius 1 is 1.50 bits per heavy atom. The normalized spacial score (nSPS) is 10.7. The van der Waals surface area contributed by atoms with Gasteiger partial charge in [-0.3, -0.25) is 10.1 Å². The highest BCUT2D eigenvalue weighted by atomic mass is 127. The summed E-state index contributed by atoms with van der Waals surface area (Å²) < 4.78 is 1.84. The number of nitrogens with zero attached hydrogens (tertiary/aromatic N) is 1. The standard InChI is InChI=1S/C8H4INO2S2/c9-5-1-4-6(10(11)12)3-14-8(4)2-7(5)13/h1-3,13H. The molecule has 0 N–H and O–H groups in total. The average molecular weight is 337 g/mol. The molecule has 0 bridgehead atoms. The molecule has 0 atom stereocenters. The van der Waals surface area contributed by atoms with Gasteiger partial charge in [0.2, 0.25) is 0 Å². The lowest BCUT2D eigenvalue weighted by Crippen LogP contribution is -1.85. The lowest BCUT2D eigenvalue weighted by atomic mass is 10.2. The molecule has 6 heteroatoms. The molecule has 0 saturated heterocycles. The highest BCUT2D eigenvalue weighted by molar-refractivity contribution is 14.1. The number of hydrogen-bond donors (Lipinski definition) is 1. The summed E-state index contributed by atoms with van der Waals surface area (Å²) in [4.78, 5) is 11.2.